The zero-order chi connectivity index (χ0) is 21.8. The third kappa shape index (κ3) is 13.3. The number of rotatable bonds is 19. The third-order valence-electron chi connectivity index (χ3n) is 6.81. The van der Waals surface area contributed by atoms with Gasteiger partial charge < -0.3 is 10.4 Å². The largest absolute Gasteiger partial charge is 0.396 e. The Morgan fingerprint density at radius 1 is 0.710 bits per heavy atom. The Bertz CT molecular complexity index is 507. The molecule has 3 heteroatoms. The van der Waals surface area contributed by atoms with Gasteiger partial charge in [0.15, 0.2) is 0 Å². The minimum atomic E-state index is 0.366. The van der Waals surface area contributed by atoms with E-state index in [0.717, 1.165) is 13.0 Å². The molecule has 1 aromatic rings. The molecule has 1 saturated heterocycles. The van der Waals surface area contributed by atoms with Gasteiger partial charge in [-0.15, -0.1) is 0 Å². The molecule has 1 fully saturated rings. The average molecular weight is 431 g/mol. The Kier molecular flexibility index (Phi) is 15.9. The van der Waals surface area contributed by atoms with E-state index < -0.39 is 0 Å². The quantitative estimate of drug-likeness (QED) is 0.231. The molecule has 3 nitrogen and oxygen atoms in total. The summed E-state index contributed by atoms with van der Waals surface area (Å²) in [6.45, 7) is 3.86. The second-order valence-corrected chi connectivity index (χ2v) is 9.60. The van der Waals surface area contributed by atoms with Gasteiger partial charge in [-0.2, -0.15) is 0 Å². The summed E-state index contributed by atoms with van der Waals surface area (Å²) in [5, 5.41) is 12.5. The number of aliphatic hydroxyl groups excluding tert-OH is 1. The lowest BCUT2D eigenvalue weighted by atomic mass is 10.0. The predicted molar refractivity (Wildman–Crippen MR) is 134 cm³/mol. The van der Waals surface area contributed by atoms with Crippen molar-refractivity contribution in [2.75, 3.05) is 19.7 Å². The first-order valence-electron chi connectivity index (χ1n) is 13.5. The zero-order valence-corrected chi connectivity index (χ0v) is 20.2. The molecule has 1 aromatic carbocycles. The molecule has 0 amide bonds. The molecule has 2 N–H and O–H groups in total. The van der Waals surface area contributed by atoms with E-state index in [1.54, 1.807) is 0 Å². The Hall–Kier alpha value is -0.900. The van der Waals surface area contributed by atoms with E-state index in [9.17, 15) is 0 Å². The highest BCUT2D eigenvalue weighted by atomic mass is 16.2. The fourth-order valence-electron chi connectivity index (χ4n) is 4.88. The SMILES string of the molecule is OCCCCCCCCCCCCCCCCCC1NCCCN1Cc1ccccc1. The van der Waals surface area contributed by atoms with E-state index in [4.69, 9.17) is 5.11 Å². The van der Waals surface area contributed by atoms with Crippen molar-refractivity contribution in [3.63, 3.8) is 0 Å². The lowest BCUT2D eigenvalue weighted by Gasteiger charge is -2.36. The van der Waals surface area contributed by atoms with E-state index >= 15 is 0 Å². The summed E-state index contributed by atoms with van der Waals surface area (Å²) in [6.07, 6.45) is 23.6. The van der Waals surface area contributed by atoms with Gasteiger partial charge in [0.1, 0.15) is 0 Å². The van der Waals surface area contributed by atoms with Crippen LogP contribution in [0.1, 0.15) is 115 Å². The van der Waals surface area contributed by atoms with Gasteiger partial charge in [0, 0.05) is 19.7 Å². The monoisotopic (exact) mass is 430 g/mol. The molecular weight excluding hydrogens is 380 g/mol. The molecule has 31 heavy (non-hydrogen) atoms. The van der Waals surface area contributed by atoms with Gasteiger partial charge in [-0.25, -0.2) is 0 Å². The summed E-state index contributed by atoms with van der Waals surface area (Å²) in [5.41, 5.74) is 1.44. The van der Waals surface area contributed by atoms with Crippen molar-refractivity contribution in [2.24, 2.45) is 0 Å². The summed E-state index contributed by atoms with van der Waals surface area (Å²) in [6, 6.07) is 10.9. The Labute approximate surface area is 193 Å². The van der Waals surface area contributed by atoms with Crippen molar-refractivity contribution in [2.45, 2.75) is 122 Å². The van der Waals surface area contributed by atoms with Gasteiger partial charge in [0.2, 0.25) is 0 Å². The maximum atomic E-state index is 8.77. The normalized spacial score (nSPS) is 17.3. The molecule has 0 aromatic heterocycles. The summed E-state index contributed by atoms with van der Waals surface area (Å²) in [5.74, 6) is 0. The number of nitrogens with one attached hydrogen (secondary N) is 1. The molecule has 0 bridgehead atoms. The molecule has 0 spiro atoms. The number of benzene rings is 1. The van der Waals surface area contributed by atoms with E-state index in [-0.39, 0.29) is 0 Å². The minimum Gasteiger partial charge on any atom is -0.396 e. The number of nitrogens with zero attached hydrogens (tertiary/aromatic N) is 1. The van der Waals surface area contributed by atoms with Gasteiger partial charge >= 0.3 is 0 Å². The minimum absolute atomic E-state index is 0.366. The standard InChI is InChI=1S/C28H50N2O/c31-25-18-13-11-9-7-5-3-1-2-4-6-8-10-12-17-22-28-29-23-19-24-30(28)26-27-20-15-14-16-21-27/h14-16,20-21,28-29,31H,1-13,17-19,22-26H2. The van der Waals surface area contributed by atoms with Gasteiger partial charge in [0.25, 0.3) is 0 Å². The van der Waals surface area contributed by atoms with Crippen LogP contribution in [0.5, 0.6) is 0 Å². The maximum Gasteiger partial charge on any atom is 0.0600 e. The molecule has 1 aliphatic rings. The maximum absolute atomic E-state index is 8.77. The second kappa shape index (κ2) is 18.7. The van der Waals surface area contributed by atoms with Crippen LogP contribution >= 0.6 is 0 Å². The van der Waals surface area contributed by atoms with E-state index in [2.05, 4.69) is 40.5 Å². The average Bonchev–Trinajstić information content (AvgIpc) is 2.80. The van der Waals surface area contributed by atoms with Crippen molar-refractivity contribution in [3.8, 4) is 0 Å². The van der Waals surface area contributed by atoms with Gasteiger partial charge in [0.05, 0.1) is 6.17 Å². The molecule has 1 aliphatic heterocycles. The van der Waals surface area contributed by atoms with Crippen molar-refractivity contribution < 1.29 is 5.11 Å². The highest BCUT2D eigenvalue weighted by Gasteiger charge is 2.21. The summed E-state index contributed by atoms with van der Waals surface area (Å²) >= 11 is 0. The molecule has 0 radical (unpaired) electrons. The second-order valence-electron chi connectivity index (χ2n) is 9.60. The van der Waals surface area contributed by atoms with Crippen LogP contribution in [-0.2, 0) is 6.54 Å². The summed E-state index contributed by atoms with van der Waals surface area (Å²) < 4.78 is 0. The molecule has 0 aliphatic carbocycles. The fraction of sp³-hybridized carbons (Fsp3) is 0.786. The van der Waals surface area contributed by atoms with Gasteiger partial charge in [-0.3, -0.25) is 4.90 Å². The van der Waals surface area contributed by atoms with Crippen LogP contribution in [0.3, 0.4) is 0 Å². The van der Waals surface area contributed by atoms with E-state index in [1.165, 1.54) is 121 Å². The highest BCUT2D eigenvalue weighted by Crippen LogP contribution is 2.17. The van der Waals surface area contributed by atoms with Gasteiger partial charge in [-0.1, -0.05) is 120 Å². The van der Waals surface area contributed by atoms with E-state index in [1.807, 2.05) is 0 Å². The van der Waals surface area contributed by atoms with Crippen molar-refractivity contribution >= 4 is 0 Å². The van der Waals surface area contributed by atoms with E-state index in [0.29, 0.717) is 12.8 Å². The van der Waals surface area contributed by atoms with Crippen LogP contribution in [0.25, 0.3) is 0 Å². The Balaban J connectivity index is 1.38. The smallest absolute Gasteiger partial charge is 0.0600 e. The Morgan fingerprint density at radius 2 is 1.23 bits per heavy atom. The van der Waals surface area contributed by atoms with Gasteiger partial charge in [-0.05, 0) is 31.4 Å². The molecule has 1 heterocycles. The molecule has 1 unspecified atom stereocenters. The summed E-state index contributed by atoms with van der Waals surface area (Å²) in [7, 11) is 0. The van der Waals surface area contributed by atoms with Crippen LogP contribution in [0.4, 0.5) is 0 Å². The number of hydrogen-bond acceptors (Lipinski definition) is 3. The van der Waals surface area contributed by atoms with Crippen LogP contribution < -0.4 is 5.32 Å². The first kappa shape index (κ1) is 26.4. The lowest BCUT2D eigenvalue weighted by molar-refractivity contribution is 0.113. The highest BCUT2D eigenvalue weighted by molar-refractivity contribution is 5.14. The number of aliphatic hydroxyl groups is 1. The van der Waals surface area contributed by atoms with Crippen LogP contribution in [0.2, 0.25) is 0 Å². The van der Waals surface area contributed by atoms with Crippen LogP contribution in [0.15, 0.2) is 30.3 Å². The fourth-order valence-corrected chi connectivity index (χ4v) is 4.88. The molecule has 0 saturated carbocycles. The number of unbranched alkanes of at least 4 members (excludes halogenated alkanes) is 14. The molecular formula is C28H50N2O. The van der Waals surface area contributed by atoms with Crippen molar-refractivity contribution in [3.05, 3.63) is 35.9 Å². The zero-order valence-electron chi connectivity index (χ0n) is 20.2. The molecule has 2 rings (SSSR count). The summed E-state index contributed by atoms with van der Waals surface area (Å²) in [4.78, 5) is 2.65. The lowest BCUT2D eigenvalue weighted by Crippen LogP contribution is -2.50. The van der Waals surface area contributed by atoms with Crippen molar-refractivity contribution in [1.82, 2.24) is 10.2 Å². The first-order chi connectivity index (χ1) is 15.4. The topological polar surface area (TPSA) is 35.5 Å². The predicted octanol–water partition coefficient (Wildman–Crippen LogP) is 7.04. The molecule has 178 valence electrons. The van der Waals surface area contributed by atoms with Crippen LogP contribution in [-0.4, -0.2) is 35.9 Å². The molecule has 1 atom stereocenters. The number of hydrogen-bond donors (Lipinski definition) is 2. The Morgan fingerprint density at radius 3 is 1.77 bits per heavy atom. The van der Waals surface area contributed by atoms with Crippen LogP contribution in [0, 0.1) is 0 Å². The third-order valence-corrected chi connectivity index (χ3v) is 6.81. The first-order valence-corrected chi connectivity index (χ1v) is 13.5. The van der Waals surface area contributed by atoms with Crippen molar-refractivity contribution in [1.29, 1.82) is 0 Å².